The van der Waals surface area contributed by atoms with Crippen LogP contribution in [0.1, 0.15) is 36.8 Å². The van der Waals surface area contributed by atoms with Crippen LogP contribution in [0.5, 0.6) is 0 Å². The first-order valence-electron chi connectivity index (χ1n) is 6.60. The Morgan fingerprint density at radius 1 is 1.53 bits per heavy atom. The van der Waals surface area contributed by atoms with E-state index in [9.17, 15) is 9.90 Å². The van der Waals surface area contributed by atoms with Crippen LogP contribution in [0.25, 0.3) is 0 Å². The third-order valence-corrected chi connectivity index (χ3v) is 3.59. The van der Waals surface area contributed by atoms with E-state index in [0.717, 1.165) is 24.0 Å². The van der Waals surface area contributed by atoms with E-state index in [1.165, 1.54) is 0 Å². The van der Waals surface area contributed by atoms with Crippen LogP contribution in [0.3, 0.4) is 0 Å². The fourth-order valence-corrected chi connectivity index (χ4v) is 2.52. The summed E-state index contributed by atoms with van der Waals surface area (Å²) in [5.74, 6) is 5.33. The van der Waals surface area contributed by atoms with Crippen molar-refractivity contribution in [3.8, 4) is 11.8 Å². The van der Waals surface area contributed by atoms with E-state index in [2.05, 4.69) is 11.8 Å². The maximum absolute atomic E-state index is 11.2. The molecule has 3 nitrogen and oxygen atoms in total. The summed E-state index contributed by atoms with van der Waals surface area (Å²) in [5.41, 5.74) is 6.26. The predicted molar refractivity (Wildman–Crippen MR) is 74.2 cm³/mol. The van der Waals surface area contributed by atoms with Gasteiger partial charge >= 0.3 is 0 Å². The Kier molecular flexibility index (Phi) is 3.92. The zero-order valence-electron chi connectivity index (χ0n) is 11.1. The van der Waals surface area contributed by atoms with E-state index < -0.39 is 5.60 Å². The molecule has 0 bridgehead atoms. The quantitative estimate of drug-likeness (QED) is 0.753. The molecule has 2 rings (SSSR count). The first-order chi connectivity index (χ1) is 8.98. The molecular weight excluding hydrogens is 238 g/mol. The van der Waals surface area contributed by atoms with Crippen LogP contribution < -0.4 is 5.73 Å². The van der Waals surface area contributed by atoms with Crippen molar-refractivity contribution >= 4 is 5.91 Å². The van der Waals surface area contributed by atoms with E-state index in [1.807, 2.05) is 31.2 Å². The van der Waals surface area contributed by atoms with E-state index in [1.54, 1.807) is 0 Å². The van der Waals surface area contributed by atoms with Crippen LogP contribution in [0.4, 0.5) is 0 Å². The Bertz CT molecular complexity index is 541. The molecule has 0 aromatic heterocycles. The standard InChI is InChI=1S/C16H19NO2/c1-12-4-2-5-13(10-12)7-9-16(19)8-3-6-14(11-16)15(17)18/h2,4-5,10,14,19H,3,6,8,11H2,1H3,(H2,17,18)/t14-,16+/m0/s1. The molecule has 0 heterocycles. The van der Waals surface area contributed by atoms with Gasteiger partial charge in [-0.1, -0.05) is 24.0 Å². The average molecular weight is 257 g/mol. The third-order valence-electron chi connectivity index (χ3n) is 3.59. The summed E-state index contributed by atoms with van der Waals surface area (Å²) in [5, 5.41) is 10.4. The number of benzene rings is 1. The molecule has 1 aliphatic carbocycles. The van der Waals surface area contributed by atoms with Gasteiger partial charge in [-0.05, 0) is 50.3 Å². The third kappa shape index (κ3) is 3.59. The van der Waals surface area contributed by atoms with Gasteiger partial charge in [0.2, 0.25) is 5.91 Å². The lowest BCUT2D eigenvalue weighted by Crippen LogP contribution is -2.38. The molecule has 0 saturated heterocycles. The molecule has 2 atom stereocenters. The Hall–Kier alpha value is -1.79. The molecule has 3 N–H and O–H groups in total. The van der Waals surface area contributed by atoms with E-state index in [4.69, 9.17) is 5.73 Å². The molecule has 100 valence electrons. The largest absolute Gasteiger partial charge is 0.378 e. The molecule has 19 heavy (non-hydrogen) atoms. The van der Waals surface area contributed by atoms with Crippen molar-refractivity contribution in [1.82, 2.24) is 0 Å². The van der Waals surface area contributed by atoms with Crippen molar-refractivity contribution in [2.75, 3.05) is 0 Å². The number of nitrogens with two attached hydrogens (primary N) is 1. The summed E-state index contributed by atoms with van der Waals surface area (Å²) in [6, 6.07) is 7.84. The number of aryl methyl sites for hydroxylation is 1. The van der Waals surface area contributed by atoms with E-state index in [0.29, 0.717) is 12.8 Å². The second kappa shape index (κ2) is 5.46. The average Bonchev–Trinajstić information content (AvgIpc) is 2.37. The number of carbonyl (C=O) groups excluding carboxylic acids is 1. The minimum absolute atomic E-state index is 0.259. The van der Waals surface area contributed by atoms with Gasteiger partial charge in [-0.2, -0.15) is 0 Å². The summed E-state index contributed by atoms with van der Waals surface area (Å²) in [6.45, 7) is 2.00. The second-order valence-electron chi connectivity index (χ2n) is 5.35. The topological polar surface area (TPSA) is 63.3 Å². The van der Waals surface area contributed by atoms with Crippen LogP contribution in [-0.4, -0.2) is 16.6 Å². The summed E-state index contributed by atoms with van der Waals surface area (Å²) >= 11 is 0. The number of carbonyl (C=O) groups is 1. The first kappa shape index (κ1) is 13.6. The number of aliphatic hydroxyl groups is 1. The van der Waals surface area contributed by atoms with Gasteiger partial charge in [0.25, 0.3) is 0 Å². The Labute approximate surface area is 113 Å². The van der Waals surface area contributed by atoms with Crippen molar-refractivity contribution in [1.29, 1.82) is 0 Å². The molecule has 0 spiro atoms. The van der Waals surface area contributed by atoms with Gasteiger partial charge < -0.3 is 10.8 Å². The molecule has 1 saturated carbocycles. The SMILES string of the molecule is Cc1cccc(C#C[C@]2(O)CCC[C@H](C(N)=O)C2)c1. The van der Waals surface area contributed by atoms with Gasteiger partial charge in [0.15, 0.2) is 0 Å². The molecule has 1 fully saturated rings. The normalized spacial score (nSPS) is 26.3. The maximum Gasteiger partial charge on any atom is 0.220 e. The molecule has 0 unspecified atom stereocenters. The molecule has 1 amide bonds. The van der Waals surface area contributed by atoms with Gasteiger partial charge in [-0.3, -0.25) is 4.79 Å². The van der Waals surface area contributed by atoms with Crippen molar-refractivity contribution in [2.24, 2.45) is 11.7 Å². The zero-order chi connectivity index (χ0) is 13.9. The molecule has 0 aliphatic heterocycles. The monoisotopic (exact) mass is 257 g/mol. The molecule has 0 radical (unpaired) electrons. The van der Waals surface area contributed by atoms with Crippen molar-refractivity contribution in [3.05, 3.63) is 35.4 Å². The highest BCUT2D eigenvalue weighted by molar-refractivity contribution is 5.77. The lowest BCUT2D eigenvalue weighted by Gasteiger charge is -2.31. The van der Waals surface area contributed by atoms with Crippen LogP contribution in [0.2, 0.25) is 0 Å². The summed E-state index contributed by atoms with van der Waals surface area (Å²) < 4.78 is 0. The fraction of sp³-hybridized carbons (Fsp3) is 0.438. The fourth-order valence-electron chi connectivity index (χ4n) is 2.52. The van der Waals surface area contributed by atoms with Crippen LogP contribution in [0.15, 0.2) is 24.3 Å². The van der Waals surface area contributed by atoms with E-state index in [-0.39, 0.29) is 11.8 Å². The van der Waals surface area contributed by atoms with Gasteiger partial charge in [-0.25, -0.2) is 0 Å². The van der Waals surface area contributed by atoms with Gasteiger partial charge in [0.05, 0.1) is 0 Å². The molecule has 1 aliphatic rings. The smallest absolute Gasteiger partial charge is 0.220 e. The van der Waals surface area contributed by atoms with E-state index >= 15 is 0 Å². The van der Waals surface area contributed by atoms with Gasteiger partial charge in [0, 0.05) is 11.5 Å². The number of hydrogen-bond donors (Lipinski definition) is 2. The number of hydrogen-bond acceptors (Lipinski definition) is 2. The minimum Gasteiger partial charge on any atom is -0.378 e. The molecular formula is C16H19NO2. The maximum atomic E-state index is 11.2. The van der Waals surface area contributed by atoms with Crippen molar-refractivity contribution in [2.45, 2.75) is 38.2 Å². The number of rotatable bonds is 1. The van der Waals surface area contributed by atoms with Crippen LogP contribution >= 0.6 is 0 Å². The van der Waals surface area contributed by atoms with Crippen molar-refractivity contribution in [3.63, 3.8) is 0 Å². The lowest BCUT2D eigenvalue weighted by molar-refractivity contribution is -0.125. The van der Waals surface area contributed by atoms with Gasteiger partial charge in [-0.15, -0.1) is 0 Å². The summed E-state index contributed by atoms with van der Waals surface area (Å²) in [6.07, 6.45) is 2.49. The summed E-state index contributed by atoms with van der Waals surface area (Å²) in [7, 11) is 0. The first-order valence-corrected chi connectivity index (χ1v) is 6.60. The minimum atomic E-state index is -1.08. The van der Waals surface area contributed by atoms with Crippen LogP contribution in [-0.2, 0) is 4.79 Å². The summed E-state index contributed by atoms with van der Waals surface area (Å²) in [4.78, 5) is 11.2. The van der Waals surface area contributed by atoms with Crippen LogP contribution in [0, 0.1) is 24.7 Å². The highest BCUT2D eigenvalue weighted by Crippen LogP contribution is 2.31. The van der Waals surface area contributed by atoms with Gasteiger partial charge in [0.1, 0.15) is 5.60 Å². The molecule has 1 aromatic rings. The van der Waals surface area contributed by atoms with Crippen molar-refractivity contribution < 1.29 is 9.90 Å². The highest BCUT2D eigenvalue weighted by atomic mass is 16.3. The Balaban J connectivity index is 2.15. The zero-order valence-corrected chi connectivity index (χ0v) is 11.1. The lowest BCUT2D eigenvalue weighted by atomic mass is 9.78. The highest BCUT2D eigenvalue weighted by Gasteiger charge is 2.35. The number of primary amides is 1. The second-order valence-corrected chi connectivity index (χ2v) is 5.35. The molecule has 3 heteroatoms. The Morgan fingerprint density at radius 2 is 2.32 bits per heavy atom. The Morgan fingerprint density at radius 3 is 3.00 bits per heavy atom. The predicted octanol–water partition coefficient (Wildman–Crippen LogP) is 1.75. The number of amides is 1. The molecule has 1 aromatic carbocycles.